The van der Waals surface area contributed by atoms with Crippen molar-refractivity contribution in [3.63, 3.8) is 0 Å². The highest BCUT2D eigenvalue weighted by Crippen LogP contribution is 2.31. The molecule has 0 bridgehead atoms. The molecule has 0 aliphatic carbocycles. The molecule has 5 nitrogen and oxygen atoms in total. The zero-order chi connectivity index (χ0) is 20.5. The summed E-state index contributed by atoms with van der Waals surface area (Å²) >= 11 is 0. The fourth-order valence-corrected chi connectivity index (χ4v) is 2.54. The van der Waals surface area contributed by atoms with Crippen molar-refractivity contribution in [1.29, 1.82) is 0 Å². The molecule has 3 rings (SSSR count). The molecule has 1 amide bonds. The molecule has 148 valence electrons. The van der Waals surface area contributed by atoms with Gasteiger partial charge in [-0.25, -0.2) is 4.98 Å². The Hall–Kier alpha value is -3.24. The lowest BCUT2D eigenvalue weighted by Crippen LogP contribution is -2.23. The zero-order valence-electron chi connectivity index (χ0n) is 13.8. The number of imidazole rings is 1. The maximum absolute atomic E-state index is 13.2. The van der Waals surface area contributed by atoms with Gasteiger partial charge in [-0.2, -0.15) is 13.2 Å². The summed E-state index contributed by atoms with van der Waals surface area (Å²) in [6.07, 6.45) is -9.63. The van der Waals surface area contributed by atoms with Crippen molar-refractivity contribution in [3.8, 4) is 5.75 Å². The van der Waals surface area contributed by atoms with Gasteiger partial charge in [0.25, 0.3) is 0 Å². The van der Waals surface area contributed by atoms with E-state index in [0.29, 0.717) is 0 Å². The molecule has 0 saturated heterocycles. The smallest absolute Gasteiger partial charge is 0.406 e. The van der Waals surface area contributed by atoms with E-state index in [1.165, 1.54) is 24.3 Å². The van der Waals surface area contributed by atoms with Gasteiger partial charge in [0.2, 0.25) is 11.7 Å². The van der Waals surface area contributed by atoms with Gasteiger partial charge >= 0.3 is 12.5 Å². The number of aromatic nitrogens is 2. The third kappa shape index (κ3) is 4.53. The van der Waals surface area contributed by atoms with Gasteiger partial charge in [-0.1, -0.05) is 12.1 Å². The number of halogens is 6. The Morgan fingerprint density at radius 2 is 1.64 bits per heavy atom. The van der Waals surface area contributed by atoms with Crippen LogP contribution in [0.5, 0.6) is 5.75 Å². The number of para-hydroxylation sites is 2. The molecule has 0 radical (unpaired) electrons. The fraction of sp³-hybridized carbons (Fsp3) is 0.176. The molecule has 3 aromatic rings. The van der Waals surface area contributed by atoms with E-state index in [1.54, 1.807) is 0 Å². The molecule has 0 saturated carbocycles. The molecule has 1 aromatic heterocycles. The maximum atomic E-state index is 13.2. The Bertz CT molecular complexity index is 993. The molecule has 11 heteroatoms. The second-order valence-corrected chi connectivity index (χ2v) is 5.63. The molecular formula is C17H11F6N3O2. The van der Waals surface area contributed by atoms with Crippen LogP contribution in [0.25, 0.3) is 11.0 Å². The minimum absolute atomic E-state index is 0.0799. The van der Waals surface area contributed by atoms with E-state index in [0.717, 1.165) is 28.8 Å². The van der Waals surface area contributed by atoms with Crippen LogP contribution < -0.4 is 10.1 Å². The Labute approximate surface area is 153 Å². The number of nitrogens with one attached hydrogen (secondary N) is 1. The van der Waals surface area contributed by atoms with Gasteiger partial charge in [-0.05, 0) is 36.4 Å². The predicted molar refractivity (Wildman–Crippen MR) is 86.5 cm³/mol. The van der Waals surface area contributed by atoms with E-state index in [-0.39, 0.29) is 16.7 Å². The lowest BCUT2D eigenvalue weighted by atomic mass is 10.3. The molecule has 2 aromatic carbocycles. The third-order valence-electron chi connectivity index (χ3n) is 3.58. The van der Waals surface area contributed by atoms with Crippen LogP contribution in [0.3, 0.4) is 0 Å². The Morgan fingerprint density at radius 1 is 1.00 bits per heavy atom. The number of benzene rings is 2. The molecule has 28 heavy (non-hydrogen) atoms. The second-order valence-electron chi connectivity index (χ2n) is 5.63. The first kappa shape index (κ1) is 19.5. The van der Waals surface area contributed by atoms with Crippen LogP contribution in [0, 0.1) is 0 Å². The number of alkyl halides is 6. The van der Waals surface area contributed by atoms with Gasteiger partial charge in [-0.15, -0.1) is 13.2 Å². The van der Waals surface area contributed by atoms with E-state index in [9.17, 15) is 31.1 Å². The van der Waals surface area contributed by atoms with Gasteiger partial charge in [0.1, 0.15) is 12.3 Å². The summed E-state index contributed by atoms with van der Waals surface area (Å²) in [5.41, 5.74) is 0.299. The number of anilines is 1. The van der Waals surface area contributed by atoms with Crippen molar-refractivity contribution < 1.29 is 35.9 Å². The number of carbonyl (C=O) groups excluding carboxylic acids is 1. The summed E-state index contributed by atoms with van der Waals surface area (Å²) in [5.74, 6) is -2.53. The number of ether oxygens (including phenoxy) is 1. The zero-order valence-corrected chi connectivity index (χ0v) is 13.8. The maximum Gasteiger partial charge on any atom is 0.573 e. The van der Waals surface area contributed by atoms with Crippen LogP contribution in [0.2, 0.25) is 0 Å². The van der Waals surface area contributed by atoms with Crippen molar-refractivity contribution in [3.05, 3.63) is 54.4 Å². The van der Waals surface area contributed by atoms with E-state index >= 15 is 0 Å². The van der Waals surface area contributed by atoms with Crippen LogP contribution in [0.15, 0.2) is 48.5 Å². The molecule has 1 heterocycles. The standard InChI is InChI=1S/C17H11F6N3O2/c18-16(19,20)15-25-12-3-1-2-4-13(12)26(15)9-14(27)24-10-5-7-11(8-6-10)28-17(21,22)23/h1-8H,9H2,(H,24,27). The summed E-state index contributed by atoms with van der Waals surface area (Å²) in [4.78, 5) is 15.7. The minimum atomic E-state index is -4.86. The van der Waals surface area contributed by atoms with Crippen molar-refractivity contribution in [2.75, 3.05) is 5.32 Å². The fourth-order valence-electron chi connectivity index (χ4n) is 2.54. The molecule has 1 N–H and O–H groups in total. The normalized spacial score (nSPS) is 12.2. The van der Waals surface area contributed by atoms with Crippen LogP contribution in [-0.2, 0) is 17.5 Å². The molecule has 0 atom stereocenters. The Balaban J connectivity index is 1.78. The number of nitrogens with zero attached hydrogens (tertiary/aromatic N) is 2. The van der Waals surface area contributed by atoms with Gasteiger partial charge in [-0.3, -0.25) is 4.79 Å². The number of carbonyl (C=O) groups is 1. The van der Waals surface area contributed by atoms with E-state index in [4.69, 9.17) is 0 Å². The first-order chi connectivity index (χ1) is 13.0. The summed E-state index contributed by atoms with van der Waals surface area (Å²) in [6, 6.07) is 10.0. The average molecular weight is 403 g/mol. The van der Waals surface area contributed by atoms with Gasteiger partial charge in [0, 0.05) is 5.69 Å². The van der Waals surface area contributed by atoms with Crippen LogP contribution in [0.4, 0.5) is 32.0 Å². The third-order valence-corrected chi connectivity index (χ3v) is 3.58. The van der Waals surface area contributed by atoms with Gasteiger partial charge in [0.05, 0.1) is 11.0 Å². The number of rotatable bonds is 4. The SMILES string of the molecule is O=C(Cn1c(C(F)(F)F)nc2ccccc21)Nc1ccc(OC(F)(F)F)cc1. The van der Waals surface area contributed by atoms with Crippen LogP contribution in [-0.4, -0.2) is 21.8 Å². The van der Waals surface area contributed by atoms with Crippen molar-refractivity contribution >= 4 is 22.6 Å². The predicted octanol–water partition coefficient (Wildman–Crippen LogP) is 4.59. The van der Waals surface area contributed by atoms with Crippen LogP contribution >= 0.6 is 0 Å². The van der Waals surface area contributed by atoms with Crippen molar-refractivity contribution in [2.24, 2.45) is 0 Å². The van der Waals surface area contributed by atoms with Crippen molar-refractivity contribution in [2.45, 2.75) is 19.1 Å². The summed E-state index contributed by atoms with van der Waals surface area (Å²) in [6.45, 7) is -0.684. The largest absolute Gasteiger partial charge is 0.573 e. The molecule has 0 fully saturated rings. The second kappa shape index (κ2) is 7.06. The van der Waals surface area contributed by atoms with E-state index in [2.05, 4.69) is 15.0 Å². The van der Waals surface area contributed by atoms with Gasteiger partial charge in [0.15, 0.2) is 0 Å². The number of hydrogen-bond acceptors (Lipinski definition) is 3. The molecule has 0 aliphatic heterocycles. The quantitative estimate of drug-likeness (QED) is 0.649. The summed E-state index contributed by atoms with van der Waals surface area (Å²) < 4.78 is 80.5. The number of hydrogen-bond donors (Lipinski definition) is 1. The van der Waals surface area contributed by atoms with Crippen molar-refractivity contribution in [1.82, 2.24) is 9.55 Å². The first-order valence-corrected chi connectivity index (χ1v) is 7.71. The lowest BCUT2D eigenvalue weighted by Gasteiger charge is -2.12. The van der Waals surface area contributed by atoms with E-state index in [1.807, 2.05) is 0 Å². The average Bonchev–Trinajstić information content (AvgIpc) is 2.94. The molecule has 0 aliphatic rings. The highest BCUT2D eigenvalue weighted by molar-refractivity contribution is 5.91. The summed E-state index contributed by atoms with van der Waals surface area (Å²) in [5, 5.41) is 2.32. The number of amides is 1. The highest BCUT2D eigenvalue weighted by atomic mass is 19.4. The van der Waals surface area contributed by atoms with Crippen LogP contribution in [0.1, 0.15) is 5.82 Å². The lowest BCUT2D eigenvalue weighted by molar-refractivity contribution is -0.274. The van der Waals surface area contributed by atoms with E-state index < -0.39 is 36.6 Å². The first-order valence-electron chi connectivity index (χ1n) is 7.71. The molecular weight excluding hydrogens is 392 g/mol. The highest BCUT2D eigenvalue weighted by Gasteiger charge is 2.38. The molecule has 0 unspecified atom stereocenters. The Kier molecular flexibility index (Phi) is 4.92. The topological polar surface area (TPSA) is 56.2 Å². The van der Waals surface area contributed by atoms with Gasteiger partial charge < -0.3 is 14.6 Å². The molecule has 0 spiro atoms. The Morgan fingerprint density at radius 3 is 2.25 bits per heavy atom. The monoisotopic (exact) mass is 403 g/mol. The number of fused-ring (bicyclic) bond motifs is 1. The summed E-state index contributed by atoms with van der Waals surface area (Å²) in [7, 11) is 0. The minimum Gasteiger partial charge on any atom is -0.406 e.